The van der Waals surface area contributed by atoms with Gasteiger partial charge in [0.05, 0.1) is 0 Å². The van der Waals surface area contributed by atoms with E-state index in [-0.39, 0.29) is 18.1 Å². The van der Waals surface area contributed by atoms with E-state index in [4.69, 9.17) is 21.6 Å². The van der Waals surface area contributed by atoms with Crippen LogP contribution in [0.4, 0.5) is 4.39 Å². The molecule has 1 aromatic heterocycles. The summed E-state index contributed by atoms with van der Waals surface area (Å²) in [6.07, 6.45) is 0. The molecule has 5 nitrogen and oxygen atoms in total. The number of ether oxygens (including phenoxy) is 1. The van der Waals surface area contributed by atoms with Crippen molar-refractivity contribution in [3.63, 3.8) is 0 Å². The number of aromatic nitrogens is 3. The molecule has 114 valence electrons. The second-order valence-corrected chi connectivity index (χ2v) is 5.14. The first-order valence-corrected chi connectivity index (χ1v) is 7.03. The zero-order chi connectivity index (χ0) is 16.2. The first-order chi connectivity index (χ1) is 11.2. The summed E-state index contributed by atoms with van der Waals surface area (Å²) < 4.78 is 19.2. The Balaban J connectivity index is 1.87. The lowest BCUT2D eigenvalue weighted by Gasteiger charge is -2.09. The van der Waals surface area contributed by atoms with Crippen molar-refractivity contribution in [2.24, 2.45) is 0 Å². The van der Waals surface area contributed by atoms with Gasteiger partial charge in [0.25, 0.3) is 0 Å². The number of rotatable bonds is 4. The van der Waals surface area contributed by atoms with Crippen LogP contribution in [0.1, 0.15) is 11.3 Å². The lowest BCUT2D eigenvalue weighted by molar-refractivity contribution is 0.300. The van der Waals surface area contributed by atoms with Crippen molar-refractivity contribution in [1.82, 2.24) is 15.4 Å². The van der Waals surface area contributed by atoms with E-state index in [2.05, 4.69) is 15.4 Å². The average Bonchev–Trinajstić information content (AvgIpc) is 3.02. The van der Waals surface area contributed by atoms with E-state index in [0.29, 0.717) is 27.6 Å². The third kappa shape index (κ3) is 3.30. The fraction of sp³-hybridized carbons (Fsp3) is 0.0625. The van der Waals surface area contributed by atoms with Crippen LogP contribution in [0.25, 0.3) is 11.3 Å². The molecule has 1 N–H and O–H groups in total. The molecule has 0 atom stereocenters. The second-order valence-electron chi connectivity index (χ2n) is 4.70. The van der Waals surface area contributed by atoms with E-state index in [1.54, 1.807) is 36.4 Å². The molecule has 0 fully saturated rings. The highest BCUT2D eigenvalue weighted by Crippen LogP contribution is 2.29. The molecule has 0 radical (unpaired) electrons. The minimum atomic E-state index is -0.335. The Morgan fingerprint density at radius 2 is 2.09 bits per heavy atom. The van der Waals surface area contributed by atoms with E-state index in [9.17, 15) is 4.39 Å². The highest BCUT2D eigenvalue weighted by molar-refractivity contribution is 6.31. The summed E-state index contributed by atoms with van der Waals surface area (Å²) in [5, 5.41) is 19.4. The molecule has 23 heavy (non-hydrogen) atoms. The summed E-state index contributed by atoms with van der Waals surface area (Å²) in [6, 6.07) is 13.3. The van der Waals surface area contributed by atoms with Crippen molar-refractivity contribution in [3.8, 4) is 23.1 Å². The van der Waals surface area contributed by atoms with Crippen molar-refractivity contribution < 1.29 is 9.13 Å². The number of nitrogens with one attached hydrogen (secondary N) is 1. The third-order valence-electron chi connectivity index (χ3n) is 3.16. The summed E-state index contributed by atoms with van der Waals surface area (Å²) in [5.41, 5.74) is 1.64. The van der Waals surface area contributed by atoms with Crippen molar-refractivity contribution in [3.05, 3.63) is 64.6 Å². The lowest BCUT2D eigenvalue weighted by Crippen LogP contribution is -1.98. The molecule has 0 aliphatic carbocycles. The van der Waals surface area contributed by atoms with Gasteiger partial charge in [-0.2, -0.15) is 5.26 Å². The number of hydrogen-bond acceptors (Lipinski definition) is 4. The van der Waals surface area contributed by atoms with Gasteiger partial charge in [-0.1, -0.05) is 35.0 Å². The standard InChI is InChI=1S/C16H10ClFN4O/c17-12-5-11(16-15(8-19)20-22-21-16)6-13(7-12)23-9-10-3-1-2-4-14(10)18/h1-7H,9H2,(H,20,21,22). The van der Waals surface area contributed by atoms with Crippen molar-refractivity contribution in [2.45, 2.75) is 6.61 Å². The molecule has 0 saturated heterocycles. The van der Waals surface area contributed by atoms with Crippen molar-refractivity contribution in [1.29, 1.82) is 5.26 Å². The largest absolute Gasteiger partial charge is 0.489 e. The Bertz CT molecular complexity index is 888. The normalized spacial score (nSPS) is 10.3. The van der Waals surface area contributed by atoms with Gasteiger partial charge in [-0.15, -0.1) is 5.10 Å². The van der Waals surface area contributed by atoms with Crippen LogP contribution in [-0.4, -0.2) is 15.4 Å². The third-order valence-corrected chi connectivity index (χ3v) is 3.38. The second kappa shape index (κ2) is 6.46. The molecule has 3 rings (SSSR count). The summed E-state index contributed by atoms with van der Waals surface area (Å²) in [5.74, 6) is 0.112. The van der Waals surface area contributed by atoms with Crippen LogP contribution in [0.5, 0.6) is 5.75 Å². The van der Waals surface area contributed by atoms with Gasteiger partial charge in [0.15, 0.2) is 5.69 Å². The Hall–Kier alpha value is -2.91. The van der Waals surface area contributed by atoms with Crippen LogP contribution in [0, 0.1) is 17.1 Å². The molecule has 0 spiro atoms. The summed E-state index contributed by atoms with van der Waals surface area (Å²) in [4.78, 5) is 0. The summed E-state index contributed by atoms with van der Waals surface area (Å²) in [7, 11) is 0. The van der Waals surface area contributed by atoms with Gasteiger partial charge in [-0.05, 0) is 24.3 Å². The Morgan fingerprint density at radius 1 is 1.26 bits per heavy atom. The number of benzene rings is 2. The predicted molar refractivity (Wildman–Crippen MR) is 82.3 cm³/mol. The molecule has 0 amide bonds. The van der Waals surface area contributed by atoms with Crippen LogP contribution in [0.3, 0.4) is 0 Å². The number of H-pyrrole nitrogens is 1. The van der Waals surface area contributed by atoms with Gasteiger partial charge >= 0.3 is 0 Å². The first-order valence-electron chi connectivity index (χ1n) is 6.65. The van der Waals surface area contributed by atoms with Crippen LogP contribution in [0.15, 0.2) is 42.5 Å². The minimum Gasteiger partial charge on any atom is -0.489 e. The highest BCUT2D eigenvalue weighted by Gasteiger charge is 2.12. The molecule has 7 heteroatoms. The van der Waals surface area contributed by atoms with Gasteiger partial charge in [-0.25, -0.2) is 9.49 Å². The molecule has 0 saturated carbocycles. The van der Waals surface area contributed by atoms with Gasteiger partial charge in [-0.3, -0.25) is 0 Å². The van der Waals surface area contributed by atoms with Crippen LogP contribution in [-0.2, 0) is 6.61 Å². The molecule has 0 aliphatic heterocycles. The van der Waals surface area contributed by atoms with Gasteiger partial charge < -0.3 is 4.74 Å². The van der Waals surface area contributed by atoms with Crippen LogP contribution in [0.2, 0.25) is 5.02 Å². The van der Waals surface area contributed by atoms with Crippen LogP contribution < -0.4 is 4.74 Å². The van der Waals surface area contributed by atoms with Crippen LogP contribution >= 0.6 is 11.6 Å². The monoisotopic (exact) mass is 328 g/mol. The topological polar surface area (TPSA) is 74.6 Å². The van der Waals surface area contributed by atoms with Crippen molar-refractivity contribution in [2.75, 3.05) is 0 Å². The molecule has 0 unspecified atom stereocenters. The van der Waals surface area contributed by atoms with Gasteiger partial charge in [0.2, 0.25) is 0 Å². The number of hydrogen-bond donors (Lipinski definition) is 1. The highest BCUT2D eigenvalue weighted by atomic mass is 35.5. The van der Waals surface area contributed by atoms with E-state index in [1.165, 1.54) is 6.07 Å². The molecule has 0 bridgehead atoms. The maximum absolute atomic E-state index is 13.6. The molecular formula is C16H10ClFN4O. The molecule has 2 aromatic carbocycles. The number of halogens is 2. The summed E-state index contributed by atoms with van der Waals surface area (Å²) in [6.45, 7) is 0.0659. The van der Waals surface area contributed by atoms with Crippen molar-refractivity contribution >= 4 is 11.6 Å². The SMILES string of the molecule is N#Cc1[nH]nnc1-c1cc(Cl)cc(OCc2ccccc2F)c1. The number of aromatic amines is 1. The fourth-order valence-corrected chi connectivity index (χ4v) is 2.29. The van der Waals surface area contributed by atoms with E-state index >= 15 is 0 Å². The van der Waals surface area contributed by atoms with E-state index in [0.717, 1.165) is 0 Å². The Labute approximate surface area is 136 Å². The predicted octanol–water partition coefficient (Wildman–Crippen LogP) is 3.71. The maximum atomic E-state index is 13.6. The Morgan fingerprint density at radius 3 is 2.87 bits per heavy atom. The quantitative estimate of drug-likeness (QED) is 0.792. The molecule has 3 aromatic rings. The molecular weight excluding hydrogens is 319 g/mol. The Kier molecular flexibility index (Phi) is 4.22. The zero-order valence-corrected chi connectivity index (χ0v) is 12.5. The number of nitrogens with zero attached hydrogens (tertiary/aromatic N) is 3. The van der Waals surface area contributed by atoms with Gasteiger partial charge in [0.1, 0.15) is 29.9 Å². The smallest absolute Gasteiger partial charge is 0.163 e. The molecule has 1 heterocycles. The summed E-state index contributed by atoms with van der Waals surface area (Å²) >= 11 is 6.08. The van der Waals surface area contributed by atoms with E-state index in [1.807, 2.05) is 6.07 Å². The number of nitriles is 1. The maximum Gasteiger partial charge on any atom is 0.163 e. The first kappa shape index (κ1) is 15.0. The average molecular weight is 329 g/mol. The van der Waals surface area contributed by atoms with Gasteiger partial charge in [0, 0.05) is 16.1 Å². The van der Waals surface area contributed by atoms with E-state index < -0.39 is 0 Å². The zero-order valence-electron chi connectivity index (χ0n) is 11.8. The molecule has 0 aliphatic rings. The minimum absolute atomic E-state index is 0.0659. The lowest BCUT2D eigenvalue weighted by atomic mass is 10.1. The fourth-order valence-electron chi connectivity index (χ4n) is 2.07.